The van der Waals surface area contributed by atoms with E-state index in [4.69, 9.17) is 9.47 Å². The van der Waals surface area contributed by atoms with Gasteiger partial charge in [-0.1, -0.05) is 0 Å². The Morgan fingerprint density at radius 3 is 2.62 bits per heavy atom. The summed E-state index contributed by atoms with van der Waals surface area (Å²) in [6.45, 7) is 2.60. The van der Waals surface area contributed by atoms with Crippen LogP contribution < -0.4 is 15.0 Å². The zero-order chi connectivity index (χ0) is 18.7. The number of thiophene rings is 1. The molecule has 0 unspecified atom stereocenters. The summed E-state index contributed by atoms with van der Waals surface area (Å²) < 4.78 is 10.5. The molecule has 3 rings (SSSR count). The summed E-state index contributed by atoms with van der Waals surface area (Å²) in [5.74, 6) is 1.28. The highest BCUT2D eigenvalue weighted by atomic mass is 32.1. The molecule has 0 bridgehead atoms. The number of hydrogen-bond donors (Lipinski definition) is 1. The van der Waals surface area contributed by atoms with E-state index >= 15 is 0 Å². The molecule has 0 aliphatic heterocycles. The Hall–Kier alpha value is -2.87. The van der Waals surface area contributed by atoms with E-state index < -0.39 is 0 Å². The second kappa shape index (κ2) is 7.57. The second-order valence-corrected chi connectivity index (χ2v) is 6.35. The van der Waals surface area contributed by atoms with Crippen LogP contribution in [0.15, 0.2) is 33.8 Å². The number of carbonyl (C=O) groups excluding carboxylic acids is 1. The lowest BCUT2D eigenvalue weighted by atomic mass is 10.2. The standard InChI is InChI=1S/C18H19N3O4S/c1-4-21(18(23)11-5-6-26-10-11)9-16-19-13-8-15(25-3)14(24-2)7-12(13)17(22)20-16/h5-8,10H,4,9H2,1-3H3,(H,19,20,22). The van der Waals surface area contributed by atoms with Crippen LogP contribution in [-0.4, -0.2) is 41.5 Å². The summed E-state index contributed by atoms with van der Waals surface area (Å²) in [5, 5.41) is 4.06. The van der Waals surface area contributed by atoms with Crippen molar-refractivity contribution in [2.24, 2.45) is 0 Å². The van der Waals surface area contributed by atoms with Gasteiger partial charge >= 0.3 is 0 Å². The number of benzene rings is 1. The normalized spacial score (nSPS) is 10.7. The number of ether oxygens (including phenoxy) is 2. The lowest BCUT2D eigenvalue weighted by molar-refractivity contribution is 0.0749. The largest absolute Gasteiger partial charge is 0.493 e. The van der Waals surface area contributed by atoms with E-state index in [0.717, 1.165) is 0 Å². The van der Waals surface area contributed by atoms with Gasteiger partial charge in [0.15, 0.2) is 11.5 Å². The van der Waals surface area contributed by atoms with Gasteiger partial charge in [0, 0.05) is 18.0 Å². The molecule has 1 aromatic carbocycles. The van der Waals surface area contributed by atoms with Crippen LogP contribution in [0.4, 0.5) is 0 Å². The van der Waals surface area contributed by atoms with Crippen molar-refractivity contribution in [3.8, 4) is 11.5 Å². The third kappa shape index (κ3) is 3.41. The van der Waals surface area contributed by atoms with Gasteiger partial charge in [-0.15, -0.1) is 0 Å². The molecule has 2 heterocycles. The quantitative estimate of drug-likeness (QED) is 0.718. The number of amides is 1. The molecule has 0 atom stereocenters. The number of methoxy groups -OCH3 is 2. The fourth-order valence-corrected chi connectivity index (χ4v) is 3.30. The van der Waals surface area contributed by atoms with E-state index in [-0.39, 0.29) is 18.0 Å². The number of carbonyl (C=O) groups is 1. The van der Waals surface area contributed by atoms with E-state index in [1.54, 1.807) is 28.5 Å². The van der Waals surface area contributed by atoms with Gasteiger partial charge in [-0.2, -0.15) is 11.3 Å². The van der Waals surface area contributed by atoms with Crippen LogP contribution in [0.1, 0.15) is 23.1 Å². The van der Waals surface area contributed by atoms with Gasteiger partial charge in [0.2, 0.25) is 0 Å². The molecule has 0 aliphatic carbocycles. The molecule has 1 N–H and O–H groups in total. The predicted molar refractivity (Wildman–Crippen MR) is 100 cm³/mol. The maximum atomic E-state index is 12.6. The highest BCUT2D eigenvalue weighted by molar-refractivity contribution is 7.08. The monoisotopic (exact) mass is 373 g/mol. The van der Waals surface area contributed by atoms with Crippen molar-refractivity contribution in [3.05, 3.63) is 50.7 Å². The van der Waals surface area contributed by atoms with Crippen molar-refractivity contribution in [3.63, 3.8) is 0 Å². The first kappa shape index (κ1) is 17.9. The molecule has 7 nitrogen and oxygen atoms in total. The van der Waals surface area contributed by atoms with Crippen LogP contribution in [0, 0.1) is 0 Å². The maximum Gasteiger partial charge on any atom is 0.258 e. The number of nitrogens with zero attached hydrogens (tertiary/aromatic N) is 2. The minimum absolute atomic E-state index is 0.0937. The molecular formula is C18H19N3O4S. The summed E-state index contributed by atoms with van der Waals surface area (Å²) in [7, 11) is 3.03. The van der Waals surface area contributed by atoms with Crippen molar-refractivity contribution in [1.29, 1.82) is 0 Å². The Morgan fingerprint density at radius 1 is 1.27 bits per heavy atom. The number of rotatable bonds is 6. The van der Waals surface area contributed by atoms with Crippen molar-refractivity contribution >= 4 is 28.1 Å². The van der Waals surface area contributed by atoms with E-state index in [9.17, 15) is 9.59 Å². The van der Waals surface area contributed by atoms with E-state index in [0.29, 0.717) is 40.3 Å². The summed E-state index contributed by atoms with van der Waals surface area (Å²) in [6.07, 6.45) is 0. The van der Waals surface area contributed by atoms with Crippen molar-refractivity contribution in [2.45, 2.75) is 13.5 Å². The third-order valence-electron chi connectivity index (χ3n) is 4.04. The number of aromatic nitrogens is 2. The molecule has 0 radical (unpaired) electrons. The SMILES string of the molecule is CCN(Cc1nc2cc(OC)c(OC)cc2c(=O)[nH]1)C(=O)c1ccsc1. The fraction of sp³-hybridized carbons (Fsp3) is 0.278. The molecule has 1 amide bonds. The zero-order valence-corrected chi connectivity index (χ0v) is 15.6. The molecule has 0 saturated heterocycles. The zero-order valence-electron chi connectivity index (χ0n) is 14.7. The Labute approximate surface area is 154 Å². The highest BCUT2D eigenvalue weighted by Gasteiger charge is 2.17. The average molecular weight is 373 g/mol. The summed E-state index contributed by atoms with van der Waals surface area (Å²) in [5.41, 5.74) is 0.830. The number of H-pyrrole nitrogens is 1. The Bertz CT molecular complexity index is 982. The smallest absolute Gasteiger partial charge is 0.258 e. The molecule has 136 valence electrons. The Morgan fingerprint density at radius 2 is 2.00 bits per heavy atom. The predicted octanol–water partition coefficient (Wildman–Crippen LogP) is 2.66. The molecule has 0 fully saturated rings. The fourth-order valence-electron chi connectivity index (χ4n) is 2.67. The van der Waals surface area contributed by atoms with Gasteiger partial charge in [-0.3, -0.25) is 9.59 Å². The van der Waals surface area contributed by atoms with Gasteiger partial charge in [0.25, 0.3) is 11.5 Å². The average Bonchev–Trinajstić information content (AvgIpc) is 3.19. The number of fused-ring (bicyclic) bond motifs is 1. The van der Waals surface area contributed by atoms with E-state index in [2.05, 4.69) is 9.97 Å². The summed E-state index contributed by atoms with van der Waals surface area (Å²) in [6, 6.07) is 5.03. The van der Waals surface area contributed by atoms with Crippen molar-refractivity contribution in [1.82, 2.24) is 14.9 Å². The van der Waals surface area contributed by atoms with Crippen LogP contribution in [0.25, 0.3) is 10.9 Å². The highest BCUT2D eigenvalue weighted by Crippen LogP contribution is 2.30. The summed E-state index contributed by atoms with van der Waals surface area (Å²) >= 11 is 1.47. The minimum Gasteiger partial charge on any atom is -0.493 e. The van der Waals surface area contributed by atoms with Crippen molar-refractivity contribution in [2.75, 3.05) is 20.8 Å². The van der Waals surface area contributed by atoms with Crippen LogP contribution in [-0.2, 0) is 6.54 Å². The molecule has 3 aromatic rings. The first-order chi connectivity index (χ1) is 12.6. The number of hydrogen-bond acceptors (Lipinski definition) is 6. The molecule has 2 aromatic heterocycles. The van der Waals surface area contributed by atoms with E-state index in [1.807, 2.05) is 12.3 Å². The maximum absolute atomic E-state index is 12.6. The first-order valence-electron chi connectivity index (χ1n) is 8.03. The molecule has 0 saturated carbocycles. The summed E-state index contributed by atoms with van der Waals surface area (Å²) in [4.78, 5) is 33.9. The third-order valence-corrected chi connectivity index (χ3v) is 4.72. The molecule has 8 heteroatoms. The molecule has 0 spiro atoms. The van der Waals surface area contributed by atoms with Crippen molar-refractivity contribution < 1.29 is 14.3 Å². The van der Waals surface area contributed by atoms with Gasteiger partial charge < -0.3 is 19.4 Å². The number of nitrogens with one attached hydrogen (secondary N) is 1. The lowest BCUT2D eigenvalue weighted by Gasteiger charge is -2.20. The Kier molecular flexibility index (Phi) is 5.22. The molecule has 0 aliphatic rings. The van der Waals surface area contributed by atoms with Gasteiger partial charge in [0.1, 0.15) is 5.82 Å². The van der Waals surface area contributed by atoms with Crippen LogP contribution >= 0.6 is 11.3 Å². The lowest BCUT2D eigenvalue weighted by Crippen LogP contribution is -2.31. The topological polar surface area (TPSA) is 84.5 Å². The van der Waals surface area contributed by atoms with Crippen LogP contribution in [0.5, 0.6) is 11.5 Å². The number of aromatic amines is 1. The van der Waals surface area contributed by atoms with Gasteiger partial charge in [-0.25, -0.2) is 4.98 Å². The second-order valence-electron chi connectivity index (χ2n) is 5.57. The van der Waals surface area contributed by atoms with Gasteiger partial charge in [-0.05, 0) is 24.4 Å². The first-order valence-corrected chi connectivity index (χ1v) is 8.98. The Balaban J connectivity index is 1.97. The van der Waals surface area contributed by atoms with Crippen LogP contribution in [0.3, 0.4) is 0 Å². The molecule has 26 heavy (non-hydrogen) atoms. The van der Waals surface area contributed by atoms with Crippen LogP contribution in [0.2, 0.25) is 0 Å². The van der Waals surface area contributed by atoms with Gasteiger partial charge in [0.05, 0.1) is 37.2 Å². The molecular weight excluding hydrogens is 354 g/mol. The van der Waals surface area contributed by atoms with E-state index in [1.165, 1.54) is 25.6 Å². The minimum atomic E-state index is -0.287.